The minimum Gasteiger partial charge on any atom is -0.454 e. The predicted octanol–water partition coefficient (Wildman–Crippen LogP) is 1.87. The third-order valence-electron chi connectivity index (χ3n) is 6.11. The highest BCUT2D eigenvalue weighted by atomic mass is 16.5. The molecule has 2 aliphatic rings. The van der Waals surface area contributed by atoms with Crippen LogP contribution in [0, 0.1) is 6.92 Å². The van der Waals surface area contributed by atoms with E-state index in [0.29, 0.717) is 13.1 Å². The third-order valence-corrected chi connectivity index (χ3v) is 6.11. The Labute approximate surface area is 192 Å². The second-order valence-electron chi connectivity index (χ2n) is 8.46. The fourth-order valence-electron chi connectivity index (χ4n) is 4.23. The number of nitrogens with zero attached hydrogens (tertiary/aromatic N) is 3. The maximum Gasteiger partial charge on any atom is 0.329 e. The second kappa shape index (κ2) is 9.54. The lowest BCUT2D eigenvalue weighted by Gasteiger charge is -2.34. The summed E-state index contributed by atoms with van der Waals surface area (Å²) in [6.45, 7) is 6.49. The largest absolute Gasteiger partial charge is 0.454 e. The van der Waals surface area contributed by atoms with Crippen LogP contribution in [0.15, 0.2) is 48.5 Å². The van der Waals surface area contributed by atoms with Crippen molar-refractivity contribution in [1.29, 1.82) is 0 Å². The molecule has 2 aromatic rings. The van der Waals surface area contributed by atoms with Crippen molar-refractivity contribution in [2.45, 2.75) is 26.4 Å². The van der Waals surface area contributed by atoms with E-state index in [2.05, 4.69) is 30.0 Å². The van der Waals surface area contributed by atoms with E-state index in [9.17, 15) is 19.2 Å². The molecule has 4 rings (SSSR count). The molecule has 8 heteroatoms. The molecule has 8 nitrogen and oxygen atoms in total. The van der Waals surface area contributed by atoms with Gasteiger partial charge in [-0.3, -0.25) is 24.2 Å². The lowest BCUT2D eigenvalue weighted by molar-refractivity contribution is -0.155. The average molecular weight is 450 g/mol. The lowest BCUT2D eigenvalue weighted by atomic mass is 10.1. The number of piperazine rings is 1. The molecular weight excluding hydrogens is 422 g/mol. The minimum atomic E-state index is -1.11. The van der Waals surface area contributed by atoms with E-state index in [1.165, 1.54) is 18.1 Å². The topological polar surface area (TPSA) is 87.2 Å². The standard InChI is InChI=1S/C25H27N3O5/c1-17-6-5-7-19(14-17)15-26-10-12-27(13-11-26)22(29)16-33-25(32)18(2)28-23(30)20-8-3-4-9-21(20)24(28)31/h3-9,14,18H,10-13,15-16H2,1-2H3. The molecule has 1 unspecified atom stereocenters. The second-order valence-corrected chi connectivity index (χ2v) is 8.46. The number of ether oxygens (including phenoxy) is 1. The highest BCUT2D eigenvalue weighted by molar-refractivity contribution is 6.22. The molecule has 2 heterocycles. The van der Waals surface area contributed by atoms with Gasteiger partial charge in [-0.1, -0.05) is 42.0 Å². The average Bonchev–Trinajstić information content (AvgIpc) is 3.07. The molecule has 0 spiro atoms. The third kappa shape index (κ3) is 4.80. The van der Waals surface area contributed by atoms with Crippen molar-refractivity contribution in [3.05, 3.63) is 70.8 Å². The van der Waals surface area contributed by atoms with Gasteiger partial charge in [0.15, 0.2) is 6.61 Å². The van der Waals surface area contributed by atoms with Crippen LogP contribution in [0.25, 0.3) is 0 Å². The van der Waals surface area contributed by atoms with Crippen molar-refractivity contribution in [3.8, 4) is 0 Å². The van der Waals surface area contributed by atoms with Crippen LogP contribution in [0.5, 0.6) is 0 Å². The van der Waals surface area contributed by atoms with Gasteiger partial charge in [0.1, 0.15) is 6.04 Å². The van der Waals surface area contributed by atoms with Gasteiger partial charge >= 0.3 is 5.97 Å². The van der Waals surface area contributed by atoms with Crippen molar-refractivity contribution in [3.63, 3.8) is 0 Å². The summed E-state index contributed by atoms with van der Waals surface area (Å²) >= 11 is 0. The Morgan fingerprint density at radius 1 is 0.939 bits per heavy atom. The number of aryl methyl sites for hydroxylation is 1. The summed E-state index contributed by atoms with van der Waals surface area (Å²) in [6.07, 6.45) is 0. The Kier molecular flexibility index (Phi) is 6.55. The maximum absolute atomic E-state index is 12.5. The number of benzene rings is 2. The first-order valence-corrected chi connectivity index (χ1v) is 11.0. The summed E-state index contributed by atoms with van der Waals surface area (Å²) in [6, 6.07) is 13.7. The molecule has 1 fully saturated rings. The molecule has 0 bridgehead atoms. The minimum absolute atomic E-state index is 0.266. The Morgan fingerprint density at radius 3 is 2.18 bits per heavy atom. The smallest absolute Gasteiger partial charge is 0.329 e. The van der Waals surface area contributed by atoms with Crippen LogP contribution in [-0.2, 0) is 20.9 Å². The monoisotopic (exact) mass is 449 g/mol. The highest BCUT2D eigenvalue weighted by Crippen LogP contribution is 2.24. The Hall–Kier alpha value is -3.52. The highest BCUT2D eigenvalue weighted by Gasteiger charge is 2.41. The number of imide groups is 1. The number of carbonyl (C=O) groups is 4. The molecule has 0 aliphatic carbocycles. The molecule has 3 amide bonds. The van der Waals surface area contributed by atoms with E-state index in [1.807, 2.05) is 6.07 Å². The summed E-state index contributed by atoms with van der Waals surface area (Å²) in [7, 11) is 0. The zero-order valence-corrected chi connectivity index (χ0v) is 18.8. The SMILES string of the molecule is Cc1cccc(CN2CCN(C(=O)COC(=O)C(C)N3C(=O)c4ccccc4C3=O)CC2)c1. The number of hydrogen-bond donors (Lipinski definition) is 0. The van der Waals surface area contributed by atoms with E-state index < -0.39 is 30.4 Å². The summed E-state index contributed by atoms with van der Waals surface area (Å²) in [5, 5.41) is 0. The zero-order chi connectivity index (χ0) is 23.5. The van der Waals surface area contributed by atoms with Crippen LogP contribution in [0.4, 0.5) is 0 Å². The van der Waals surface area contributed by atoms with Gasteiger partial charge < -0.3 is 9.64 Å². The van der Waals surface area contributed by atoms with Crippen molar-refractivity contribution < 1.29 is 23.9 Å². The summed E-state index contributed by atoms with van der Waals surface area (Å²) in [5.41, 5.74) is 2.99. The number of esters is 1. The van der Waals surface area contributed by atoms with Gasteiger partial charge in [0, 0.05) is 32.7 Å². The Bertz CT molecular complexity index is 1060. The van der Waals surface area contributed by atoms with E-state index in [4.69, 9.17) is 4.74 Å². The maximum atomic E-state index is 12.5. The summed E-state index contributed by atoms with van der Waals surface area (Å²) in [4.78, 5) is 55.0. The fourth-order valence-corrected chi connectivity index (χ4v) is 4.23. The van der Waals surface area contributed by atoms with E-state index in [0.717, 1.165) is 24.5 Å². The number of fused-ring (bicyclic) bond motifs is 1. The molecule has 1 atom stereocenters. The molecule has 172 valence electrons. The van der Waals surface area contributed by atoms with Crippen LogP contribution in [0.2, 0.25) is 0 Å². The molecule has 2 aromatic carbocycles. The first-order chi connectivity index (χ1) is 15.8. The van der Waals surface area contributed by atoms with Crippen LogP contribution in [0.1, 0.15) is 38.8 Å². The van der Waals surface area contributed by atoms with E-state index >= 15 is 0 Å². The van der Waals surface area contributed by atoms with Crippen molar-refractivity contribution >= 4 is 23.7 Å². The van der Waals surface area contributed by atoms with Gasteiger partial charge in [-0.2, -0.15) is 0 Å². The Morgan fingerprint density at radius 2 is 1.58 bits per heavy atom. The van der Waals surface area contributed by atoms with Gasteiger partial charge in [0.25, 0.3) is 17.7 Å². The molecule has 0 saturated carbocycles. The number of amides is 3. The number of rotatable bonds is 6. The Balaban J connectivity index is 1.25. The molecule has 33 heavy (non-hydrogen) atoms. The fraction of sp³-hybridized carbons (Fsp3) is 0.360. The van der Waals surface area contributed by atoms with Gasteiger partial charge in [0.05, 0.1) is 11.1 Å². The first-order valence-electron chi connectivity index (χ1n) is 11.0. The van der Waals surface area contributed by atoms with Crippen molar-refractivity contribution in [1.82, 2.24) is 14.7 Å². The van der Waals surface area contributed by atoms with Crippen LogP contribution in [0.3, 0.4) is 0 Å². The molecule has 0 radical (unpaired) electrons. The lowest BCUT2D eigenvalue weighted by Crippen LogP contribution is -2.50. The normalized spacial score (nSPS) is 17.2. The molecule has 2 aliphatic heterocycles. The van der Waals surface area contributed by atoms with Crippen LogP contribution < -0.4 is 0 Å². The van der Waals surface area contributed by atoms with E-state index in [1.54, 1.807) is 29.2 Å². The first kappa shape index (κ1) is 22.7. The summed E-state index contributed by atoms with van der Waals surface area (Å²) in [5.74, 6) is -2.13. The summed E-state index contributed by atoms with van der Waals surface area (Å²) < 4.78 is 5.17. The zero-order valence-electron chi connectivity index (χ0n) is 18.8. The van der Waals surface area contributed by atoms with E-state index in [-0.39, 0.29) is 17.0 Å². The van der Waals surface area contributed by atoms with Gasteiger partial charge in [-0.15, -0.1) is 0 Å². The van der Waals surface area contributed by atoms with Gasteiger partial charge in [0.2, 0.25) is 0 Å². The van der Waals surface area contributed by atoms with Crippen LogP contribution in [-0.4, -0.2) is 77.2 Å². The molecule has 1 saturated heterocycles. The molecule has 0 N–H and O–H groups in total. The van der Waals surface area contributed by atoms with Crippen molar-refractivity contribution in [2.24, 2.45) is 0 Å². The molecular formula is C25H27N3O5. The van der Waals surface area contributed by atoms with Gasteiger partial charge in [-0.05, 0) is 31.5 Å². The number of carbonyl (C=O) groups excluding carboxylic acids is 4. The quantitative estimate of drug-likeness (QED) is 0.494. The van der Waals surface area contributed by atoms with Gasteiger partial charge in [-0.25, -0.2) is 4.79 Å². The number of hydrogen-bond acceptors (Lipinski definition) is 6. The van der Waals surface area contributed by atoms with Crippen molar-refractivity contribution in [2.75, 3.05) is 32.8 Å². The van der Waals surface area contributed by atoms with Crippen LogP contribution >= 0.6 is 0 Å². The predicted molar refractivity (Wildman–Crippen MR) is 120 cm³/mol. The molecule has 0 aromatic heterocycles.